The Labute approximate surface area is 145 Å². The van der Waals surface area contributed by atoms with Gasteiger partial charge in [0, 0.05) is 4.47 Å². The van der Waals surface area contributed by atoms with Crippen LogP contribution in [-0.2, 0) is 0 Å². The minimum atomic E-state index is 0.213. The van der Waals surface area contributed by atoms with Gasteiger partial charge in [-0.1, -0.05) is 49.6 Å². The highest BCUT2D eigenvalue weighted by atomic mass is 79.9. The first-order chi connectivity index (χ1) is 9.75. The molecule has 0 saturated heterocycles. The second-order valence-electron chi connectivity index (χ2n) is 5.93. The molecule has 0 bridgehead atoms. The van der Waals surface area contributed by atoms with Crippen molar-refractivity contribution in [3.05, 3.63) is 67.2 Å². The molecule has 0 fully saturated rings. The molecule has 0 amide bonds. The number of hydrogen-bond acceptors (Lipinski definition) is 0. The van der Waals surface area contributed by atoms with Crippen LogP contribution in [0, 0.1) is 41.5 Å². The van der Waals surface area contributed by atoms with Crippen molar-refractivity contribution in [3.63, 3.8) is 0 Å². The molecule has 2 aromatic rings. The predicted molar refractivity (Wildman–Crippen MR) is 99.8 cm³/mol. The lowest BCUT2D eigenvalue weighted by Gasteiger charge is -2.23. The zero-order valence-electron chi connectivity index (χ0n) is 13.6. The first kappa shape index (κ1) is 16.8. The third kappa shape index (κ3) is 2.98. The van der Waals surface area contributed by atoms with Crippen molar-refractivity contribution in [2.24, 2.45) is 0 Å². The Kier molecular flexibility index (Phi) is 4.99. The van der Waals surface area contributed by atoms with Crippen LogP contribution in [-0.4, -0.2) is 0 Å². The summed E-state index contributed by atoms with van der Waals surface area (Å²) in [5, 5.41) is 0. The maximum absolute atomic E-state index is 3.94. The van der Waals surface area contributed by atoms with Crippen LogP contribution in [0.1, 0.15) is 49.3 Å². The number of alkyl halides is 1. The Morgan fingerprint density at radius 1 is 0.762 bits per heavy atom. The fourth-order valence-corrected chi connectivity index (χ4v) is 4.77. The zero-order valence-corrected chi connectivity index (χ0v) is 16.7. The molecule has 0 aliphatic heterocycles. The summed E-state index contributed by atoms with van der Waals surface area (Å²) < 4.78 is 1.16. The third-order valence-corrected chi connectivity index (χ3v) is 6.41. The van der Waals surface area contributed by atoms with E-state index in [9.17, 15) is 0 Å². The van der Waals surface area contributed by atoms with Crippen molar-refractivity contribution in [1.29, 1.82) is 0 Å². The van der Waals surface area contributed by atoms with Gasteiger partial charge < -0.3 is 0 Å². The van der Waals surface area contributed by atoms with E-state index in [1.807, 2.05) is 0 Å². The summed E-state index contributed by atoms with van der Waals surface area (Å²) in [4.78, 5) is 0.213. The SMILES string of the molecule is Cc1ccc(Br)c(C(Br)c2c(C)c(C)c(C)c(C)c2C)c1. The van der Waals surface area contributed by atoms with Crippen molar-refractivity contribution >= 4 is 31.9 Å². The molecule has 0 saturated carbocycles. The lowest BCUT2D eigenvalue weighted by molar-refractivity contribution is 1.05. The molecular formula is C19H22Br2. The normalized spacial score (nSPS) is 12.6. The zero-order chi connectivity index (χ0) is 15.9. The lowest BCUT2D eigenvalue weighted by atomic mass is 9.86. The van der Waals surface area contributed by atoms with E-state index in [1.54, 1.807) is 0 Å². The van der Waals surface area contributed by atoms with Gasteiger partial charge in [-0.25, -0.2) is 0 Å². The topological polar surface area (TPSA) is 0 Å². The van der Waals surface area contributed by atoms with Crippen molar-refractivity contribution in [1.82, 2.24) is 0 Å². The van der Waals surface area contributed by atoms with Crippen LogP contribution >= 0.6 is 31.9 Å². The molecular weight excluding hydrogens is 388 g/mol. The maximum Gasteiger partial charge on any atom is 0.0661 e. The van der Waals surface area contributed by atoms with Crippen LogP contribution in [0.15, 0.2) is 22.7 Å². The van der Waals surface area contributed by atoms with Crippen LogP contribution in [0.5, 0.6) is 0 Å². The predicted octanol–water partition coefficient (Wildman–Crippen LogP) is 6.78. The van der Waals surface area contributed by atoms with Gasteiger partial charge in [-0.3, -0.25) is 0 Å². The van der Waals surface area contributed by atoms with E-state index < -0.39 is 0 Å². The van der Waals surface area contributed by atoms with Crippen molar-refractivity contribution < 1.29 is 0 Å². The van der Waals surface area contributed by atoms with E-state index in [-0.39, 0.29) is 4.83 Å². The van der Waals surface area contributed by atoms with Gasteiger partial charge in [0.25, 0.3) is 0 Å². The Bertz CT molecular complexity index is 670. The molecule has 0 aliphatic carbocycles. The van der Waals surface area contributed by atoms with E-state index in [0.717, 1.165) is 4.47 Å². The van der Waals surface area contributed by atoms with Gasteiger partial charge in [-0.05, 0) is 86.6 Å². The van der Waals surface area contributed by atoms with E-state index in [1.165, 1.54) is 44.5 Å². The molecule has 112 valence electrons. The molecule has 0 radical (unpaired) electrons. The fraction of sp³-hybridized carbons (Fsp3) is 0.368. The summed E-state index contributed by atoms with van der Waals surface area (Å²) in [6.45, 7) is 13.3. The van der Waals surface area contributed by atoms with Crippen LogP contribution < -0.4 is 0 Å². The fourth-order valence-electron chi connectivity index (χ4n) is 2.92. The second kappa shape index (κ2) is 6.26. The van der Waals surface area contributed by atoms with Gasteiger partial charge in [0.1, 0.15) is 0 Å². The largest absolute Gasteiger partial charge is 0.0786 e. The number of aryl methyl sites for hydroxylation is 1. The van der Waals surface area contributed by atoms with Crippen LogP contribution in [0.25, 0.3) is 0 Å². The Balaban J connectivity index is 2.69. The Hall–Kier alpha value is -0.600. The minimum absolute atomic E-state index is 0.213. The molecule has 1 atom stereocenters. The van der Waals surface area contributed by atoms with E-state index in [4.69, 9.17) is 0 Å². The highest BCUT2D eigenvalue weighted by Gasteiger charge is 2.21. The third-order valence-electron chi connectivity index (χ3n) is 4.74. The minimum Gasteiger partial charge on any atom is -0.0786 e. The average molecular weight is 410 g/mol. The summed E-state index contributed by atoms with van der Waals surface area (Å²) in [6, 6.07) is 6.53. The standard InChI is InChI=1S/C19H22Br2/c1-10-7-8-17(20)16(9-10)19(21)18-14(5)12(3)11(2)13(4)15(18)6/h7-9,19H,1-6H3. The Morgan fingerprint density at radius 3 is 1.76 bits per heavy atom. The molecule has 2 aromatic carbocycles. The van der Waals surface area contributed by atoms with Gasteiger partial charge in [-0.2, -0.15) is 0 Å². The van der Waals surface area contributed by atoms with Crippen LogP contribution in [0.2, 0.25) is 0 Å². The van der Waals surface area contributed by atoms with Gasteiger partial charge >= 0.3 is 0 Å². The Morgan fingerprint density at radius 2 is 1.24 bits per heavy atom. The quantitative estimate of drug-likeness (QED) is 0.479. The molecule has 0 heterocycles. The van der Waals surface area contributed by atoms with Crippen molar-refractivity contribution in [2.45, 2.75) is 46.4 Å². The molecule has 2 heteroatoms. The molecule has 2 rings (SSSR count). The van der Waals surface area contributed by atoms with Crippen molar-refractivity contribution in [2.75, 3.05) is 0 Å². The van der Waals surface area contributed by atoms with Gasteiger partial charge in [0.2, 0.25) is 0 Å². The number of hydrogen-bond donors (Lipinski definition) is 0. The average Bonchev–Trinajstić information content (AvgIpc) is 2.45. The summed E-state index contributed by atoms with van der Waals surface area (Å²) in [5.41, 5.74) is 11.0. The summed E-state index contributed by atoms with van der Waals surface area (Å²) >= 11 is 7.64. The first-order valence-corrected chi connectivity index (χ1v) is 8.93. The van der Waals surface area contributed by atoms with Crippen LogP contribution in [0.4, 0.5) is 0 Å². The highest BCUT2D eigenvalue weighted by Crippen LogP contribution is 2.41. The van der Waals surface area contributed by atoms with Crippen molar-refractivity contribution in [3.8, 4) is 0 Å². The monoisotopic (exact) mass is 408 g/mol. The number of halogens is 2. The van der Waals surface area contributed by atoms with E-state index in [0.29, 0.717) is 0 Å². The summed E-state index contributed by atoms with van der Waals surface area (Å²) in [5.74, 6) is 0. The lowest BCUT2D eigenvalue weighted by Crippen LogP contribution is -2.06. The number of benzene rings is 2. The van der Waals surface area contributed by atoms with Crippen LogP contribution in [0.3, 0.4) is 0 Å². The molecule has 0 aromatic heterocycles. The maximum atomic E-state index is 3.94. The number of rotatable bonds is 2. The molecule has 0 aliphatic rings. The molecule has 1 unspecified atom stereocenters. The molecule has 21 heavy (non-hydrogen) atoms. The second-order valence-corrected chi connectivity index (χ2v) is 7.70. The molecule has 0 spiro atoms. The summed E-state index contributed by atoms with van der Waals surface area (Å²) in [6.07, 6.45) is 0. The molecule has 0 nitrogen and oxygen atoms in total. The van der Waals surface area contributed by atoms with Gasteiger partial charge in [0.15, 0.2) is 0 Å². The van der Waals surface area contributed by atoms with Gasteiger partial charge in [-0.15, -0.1) is 0 Å². The van der Waals surface area contributed by atoms with Gasteiger partial charge in [0.05, 0.1) is 4.83 Å². The smallest absolute Gasteiger partial charge is 0.0661 e. The van der Waals surface area contributed by atoms with E-state index >= 15 is 0 Å². The highest BCUT2D eigenvalue weighted by molar-refractivity contribution is 9.11. The summed E-state index contributed by atoms with van der Waals surface area (Å²) in [7, 11) is 0. The van der Waals surface area contributed by atoms with E-state index in [2.05, 4.69) is 91.6 Å². The first-order valence-electron chi connectivity index (χ1n) is 7.22. The molecule has 0 N–H and O–H groups in total.